The molecule has 0 saturated carbocycles. The van der Waals surface area contributed by atoms with Crippen molar-refractivity contribution in [3.05, 3.63) is 29.3 Å². The zero-order valence-corrected chi connectivity index (χ0v) is 19.3. The maximum Gasteiger partial charge on any atom is 0.277 e. The minimum absolute atomic E-state index is 0. The van der Waals surface area contributed by atoms with Crippen molar-refractivity contribution in [3.63, 3.8) is 0 Å². The lowest BCUT2D eigenvalue weighted by molar-refractivity contribution is -0.920. The molecule has 2 aliphatic rings. The number of carbonyl (C=O) groups is 1. The maximum absolute atomic E-state index is 13.0. The van der Waals surface area contributed by atoms with Crippen molar-refractivity contribution in [2.75, 3.05) is 45.9 Å². The quantitative estimate of drug-likeness (QED) is 0.604. The number of aryl methyl sites for hydroxylation is 2. The van der Waals surface area contributed by atoms with Gasteiger partial charge in [0.15, 0.2) is 6.54 Å². The number of rotatable bonds is 6. The molecule has 5 heteroatoms. The minimum Gasteiger partial charge on any atom is -1.00 e. The highest BCUT2D eigenvalue weighted by molar-refractivity contribution is 5.77. The Kier molecular flexibility index (Phi) is 9.29. The Labute approximate surface area is 181 Å². The molecule has 1 aromatic rings. The summed E-state index contributed by atoms with van der Waals surface area (Å²) in [6.07, 6.45) is 8.68. The smallest absolute Gasteiger partial charge is 0.277 e. The number of likely N-dealkylation sites (tertiary alicyclic amines) is 2. The first-order valence-corrected chi connectivity index (χ1v) is 10.9. The highest BCUT2D eigenvalue weighted by Gasteiger charge is 2.33. The average Bonchev–Trinajstić information content (AvgIpc) is 2.91. The largest absolute Gasteiger partial charge is 1.00 e. The summed E-state index contributed by atoms with van der Waals surface area (Å²) in [5.74, 6) is 1.39. The summed E-state index contributed by atoms with van der Waals surface area (Å²) in [7, 11) is 0. The number of ether oxygens (including phenoxy) is 1. The lowest BCUT2D eigenvalue weighted by Gasteiger charge is -2.39. The Morgan fingerprint density at radius 2 is 1.54 bits per heavy atom. The monoisotopic (exact) mass is 452 g/mol. The van der Waals surface area contributed by atoms with Crippen LogP contribution in [0, 0.1) is 13.8 Å². The molecule has 2 heterocycles. The van der Waals surface area contributed by atoms with Crippen LogP contribution in [0.3, 0.4) is 0 Å². The van der Waals surface area contributed by atoms with Gasteiger partial charge in [0, 0.05) is 13.1 Å². The number of piperidine rings is 1. The van der Waals surface area contributed by atoms with E-state index in [-0.39, 0.29) is 17.0 Å². The molecule has 0 radical (unpaired) electrons. The Hall–Kier alpha value is -1.07. The fourth-order valence-corrected chi connectivity index (χ4v) is 4.72. The van der Waals surface area contributed by atoms with Crippen LogP contribution in [0.25, 0.3) is 0 Å². The number of para-hydroxylation sites is 1. The number of hydrogen-bond donors (Lipinski definition) is 0. The van der Waals surface area contributed by atoms with E-state index < -0.39 is 0 Å². The van der Waals surface area contributed by atoms with Crippen LogP contribution < -0.4 is 21.7 Å². The van der Waals surface area contributed by atoms with E-state index in [2.05, 4.69) is 36.9 Å². The van der Waals surface area contributed by atoms with Crippen molar-refractivity contribution in [2.24, 2.45) is 0 Å². The van der Waals surface area contributed by atoms with Crippen LogP contribution in [-0.2, 0) is 4.79 Å². The van der Waals surface area contributed by atoms with Gasteiger partial charge in [-0.15, -0.1) is 0 Å². The van der Waals surface area contributed by atoms with E-state index in [0.29, 0.717) is 19.1 Å². The van der Waals surface area contributed by atoms with Gasteiger partial charge in [-0.25, -0.2) is 0 Å². The second-order valence-electron chi connectivity index (χ2n) is 8.60. The van der Waals surface area contributed by atoms with Gasteiger partial charge in [-0.3, -0.25) is 4.79 Å². The van der Waals surface area contributed by atoms with E-state index in [0.717, 1.165) is 43.0 Å². The fraction of sp³-hybridized carbons (Fsp3) is 0.696. The third-order valence-electron chi connectivity index (χ3n) is 6.42. The molecule has 0 aliphatic carbocycles. The molecule has 1 aromatic carbocycles. The first-order chi connectivity index (χ1) is 13.1. The number of quaternary nitrogens is 1. The third-order valence-corrected chi connectivity index (χ3v) is 6.42. The molecule has 3 rings (SSSR count). The zero-order chi connectivity index (χ0) is 19.1. The molecular weight excluding hydrogens is 416 g/mol. The van der Waals surface area contributed by atoms with E-state index >= 15 is 0 Å². The third kappa shape index (κ3) is 6.21. The van der Waals surface area contributed by atoms with Crippen molar-refractivity contribution < 1.29 is 31.0 Å². The van der Waals surface area contributed by atoms with Gasteiger partial charge in [0.2, 0.25) is 0 Å². The molecule has 2 saturated heterocycles. The van der Waals surface area contributed by atoms with E-state index in [1.165, 1.54) is 56.1 Å². The summed E-state index contributed by atoms with van der Waals surface area (Å²) in [4.78, 5) is 15.1. The molecule has 158 valence electrons. The van der Waals surface area contributed by atoms with E-state index in [1.54, 1.807) is 0 Å². The van der Waals surface area contributed by atoms with Crippen LogP contribution in [0.2, 0.25) is 0 Å². The van der Waals surface area contributed by atoms with Gasteiger partial charge in [0.1, 0.15) is 18.9 Å². The van der Waals surface area contributed by atoms with Gasteiger partial charge in [-0.2, -0.15) is 0 Å². The summed E-state index contributed by atoms with van der Waals surface area (Å²) in [6, 6.07) is 6.30. The molecule has 0 bridgehead atoms. The van der Waals surface area contributed by atoms with Gasteiger partial charge in [0.25, 0.3) is 5.91 Å². The molecule has 0 spiro atoms. The maximum atomic E-state index is 13.0. The second kappa shape index (κ2) is 11.2. The van der Waals surface area contributed by atoms with Crippen molar-refractivity contribution in [3.8, 4) is 5.75 Å². The predicted molar refractivity (Wildman–Crippen MR) is 110 cm³/mol. The molecule has 28 heavy (non-hydrogen) atoms. The number of amides is 1. The Morgan fingerprint density at radius 3 is 2.14 bits per heavy atom. The lowest BCUT2D eigenvalue weighted by Crippen LogP contribution is -3.00. The van der Waals surface area contributed by atoms with E-state index in [9.17, 15) is 4.79 Å². The lowest BCUT2D eigenvalue weighted by atomic mass is 10.1. The Bertz CT molecular complexity index is 601. The molecule has 0 N–H and O–H groups in total. The average molecular weight is 453 g/mol. The van der Waals surface area contributed by atoms with Crippen LogP contribution in [0.4, 0.5) is 0 Å². The standard InChI is InChI=1S/C23H37N2O2.BrH/c1-20-11-10-12-21(2)23(20)27-18-17-25(15-8-3-4-9-16-25)19-22(26)24-13-6-5-7-14-24;/h10-12H,3-9,13-19H2,1-2H3;1H/q+1;/p-1. The summed E-state index contributed by atoms with van der Waals surface area (Å²) in [6.45, 7) is 10.7. The predicted octanol–water partition coefficient (Wildman–Crippen LogP) is 1.09. The van der Waals surface area contributed by atoms with Gasteiger partial charge >= 0.3 is 0 Å². The molecular formula is C23H37BrN2O2. The minimum atomic E-state index is 0. The number of benzene rings is 1. The first-order valence-electron chi connectivity index (χ1n) is 10.9. The van der Waals surface area contributed by atoms with Gasteiger partial charge in [0.05, 0.1) is 13.1 Å². The Balaban J connectivity index is 0.00000280. The number of hydrogen-bond acceptors (Lipinski definition) is 2. The normalized spacial score (nSPS) is 19.4. The fourth-order valence-electron chi connectivity index (χ4n) is 4.72. The number of carbonyl (C=O) groups excluding carboxylic acids is 1. The number of halogens is 1. The second-order valence-corrected chi connectivity index (χ2v) is 8.60. The summed E-state index contributed by atoms with van der Waals surface area (Å²) in [5, 5.41) is 0. The van der Waals surface area contributed by atoms with E-state index in [4.69, 9.17) is 4.74 Å². The Morgan fingerprint density at radius 1 is 0.964 bits per heavy atom. The zero-order valence-electron chi connectivity index (χ0n) is 17.7. The van der Waals surface area contributed by atoms with Crippen molar-refractivity contribution in [1.29, 1.82) is 0 Å². The van der Waals surface area contributed by atoms with Crippen molar-refractivity contribution >= 4 is 5.91 Å². The van der Waals surface area contributed by atoms with E-state index in [1.807, 2.05) is 0 Å². The first kappa shape index (κ1) is 23.2. The van der Waals surface area contributed by atoms with Crippen LogP contribution in [0.1, 0.15) is 56.1 Å². The van der Waals surface area contributed by atoms with Crippen LogP contribution in [0.15, 0.2) is 18.2 Å². The molecule has 2 fully saturated rings. The molecule has 0 unspecified atom stereocenters. The molecule has 1 amide bonds. The highest BCUT2D eigenvalue weighted by Crippen LogP contribution is 2.24. The van der Waals surface area contributed by atoms with Crippen molar-refractivity contribution in [1.82, 2.24) is 4.90 Å². The summed E-state index contributed by atoms with van der Waals surface area (Å²) in [5.41, 5.74) is 2.39. The molecule has 0 aromatic heterocycles. The highest BCUT2D eigenvalue weighted by atomic mass is 79.9. The molecule has 2 aliphatic heterocycles. The van der Waals surface area contributed by atoms with Crippen LogP contribution in [-0.4, -0.2) is 61.2 Å². The molecule has 0 atom stereocenters. The summed E-state index contributed by atoms with van der Waals surface area (Å²) < 4.78 is 7.14. The van der Waals surface area contributed by atoms with Gasteiger partial charge in [-0.1, -0.05) is 18.2 Å². The van der Waals surface area contributed by atoms with Gasteiger partial charge in [-0.05, 0) is 69.9 Å². The van der Waals surface area contributed by atoms with Crippen LogP contribution in [0.5, 0.6) is 5.75 Å². The number of nitrogens with zero attached hydrogens (tertiary/aromatic N) is 2. The van der Waals surface area contributed by atoms with Gasteiger partial charge < -0.3 is 31.1 Å². The van der Waals surface area contributed by atoms with Crippen molar-refractivity contribution in [2.45, 2.75) is 58.8 Å². The molecule has 4 nitrogen and oxygen atoms in total. The summed E-state index contributed by atoms with van der Waals surface area (Å²) >= 11 is 0. The van der Waals surface area contributed by atoms with Crippen LogP contribution >= 0.6 is 0 Å². The topological polar surface area (TPSA) is 29.5 Å². The SMILES string of the molecule is Cc1cccc(C)c1OCC[N+]1(CC(=O)N2CCCCC2)CCCCCC1.[Br-].